The molecule has 3 aromatic rings. The molecular formula is C24H19NO5S2. The van der Waals surface area contributed by atoms with E-state index in [4.69, 9.17) is 26.8 Å². The molecule has 1 aliphatic rings. The third-order valence-electron chi connectivity index (χ3n) is 4.84. The molecule has 1 N–H and O–H groups in total. The molecule has 0 unspecified atom stereocenters. The van der Waals surface area contributed by atoms with Crippen LogP contribution in [0.25, 0.3) is 16.8 Å². The molecule has 0 aliphatic carbocycles. The fourth-order valence-corrected chi connectivity index (χ4v) is 4.53. The maximum atomic E-state index is 12.5. The van der Waals surface area contributed by atoms with Crippen molar-refractivity contribution in [2.45, 2.75) is 6.61 Å². The number of nitrogens with zero attached hydrogens (tertiary/aromatic N) is 1. The Morgan fingerprint density at radius 2 is 1.88 bits per heavy atom. The van der Waals surface area contributed by atoms with Gasteiger partial charge < -0.3 is 14.6 Å². The van der Waals surface area contributed by atoms with Crippen molar-refractivity contribution in [2.75, 3.05) is 13.7 Å². The molecule has 3 aromatic carbocycles. The molecule has 0 aromatic heterocycles. The highest BCUT2D eigenvalue weighted by Gasteiger charge is 2.33. The van der Waals surface area contributed by atoms with Gasteiger partial charge >= 0.3 is 5.97 Å². The van der Waals surface area contributed by atoms with Crippen molar-refractivity contribution in [3.8, 4) is 11.5 Å². The van der Waals surface area contributed by atoms with Gasteiger partial charge in [-0.05, 0) is 58.3 Å². The number of benzene rings is 3. The lowest BCUT2D eigenvalue weighted by Crippen LogP contribution is -2.33. The van der Waals surface area contributed by atoms with Gasteiger partial charge in [-0.25, -0.2) is 0 Å². The van der Waals surface area contributed by atoms with Crippen LogP contribution in [-0.2, 0) is 16.2 Å². The lowest BCUT2D eigenvalue weighted by atomic mass is 10.1. The third kappa shape index (κ3) is 4.92. The summed E-state index contributed by atoms with van der Waals surface area (Å²) in [5, 5.41) is 11.0. The highest BCUT2D eigenvalue weighted by molar-refractivity contribution is 8.26. The van der Waals surface area contributed by atoms with Crippen molar-refractivity contribution >= 4 is 57.0 Å². The third-order valence-corrected chi connectivity index (χ3v) is 6.22. The summed E-state index contributed by atoms with van der Waals surface area (Å²) in [7, 11) is 1.63. The zero-order valence-electron chi connectivity index (χ0n) is 17.1. The van der Waals surface area contributed by atoms with E-state index < -0.39 is 12.5 Å². The summed E-state index contributed by atoms with van der Waals surface area (Å²) in [6.45, 7) is -0.00274. The second-order valence-electron chi connectivity index (χ2n) is 7.07. The number of ether oxygens (including phenoxy) is 2. The Bertz CT molecular complexity index is 1250. The van der Waals surface area contributed by atoms with E-state index in [-0.39, 0.29) is 10.2 Å². The molecule has 0 spiro atoms. The molecule has 4 rings (SSSR count). The SMILES string of the molecule is COc1cccc(COc2ccc3cc(/C=C4\SC(=S)N(CC(=O)O)C4=O)ccc3c2)c1. The quantitative estimate of drug-likeness (QED) is 0.400. The van der Waals surface area contributed by atoms with Gasteiger partial charge in [-0.2, -0.15) is 0 Å². The summed E-state index contributed by atoms with van der Waals surface area (Å²) in [5.41, 5.74) is 1.85. The predicted octanol–water partition coefficient (Wildman–Crippen LogP) is 4.71. The molecular weight excluding hydrogens is 446 g/mol. The number of thioether (sulfide) groups is 1. The number of methoxy groups -OCH3 is 1. The molecule has 1 saturated heterocycles. The predicted molar refractivity (Wildman–Crippen MR) is 129 cm³/mol. The van der Waals surface area contributed by atoms with E-state index in [1.54, 1.807) is 13.2 Å². The molecule has 1 heterocycles. The topological polar surface area (TPSA) is 76.1 Å². The molecule has 162 valence electrons. The number of carboxylic acid groups (broad SMARTS) is 1. The minimum atomic E-state index is -1.10. The summed E-state index contributed by atoms with van der Waals surface area (Å²) < 4.78 is 11.4. The molecule has 1 amide bonds. The van der Waals surface area contributed by atoms with Crippen LogP contribution in [0.5, 0.6) is 11.5 Å². The number of fused-ring (bicyclic) bond motifs is 1. The Labute approximate surface area is 194 Å². The van der Waals surface area contributed by atoms with E-state index in [1.165, 1.54) is 0 Å². The Morgan fingerprint density at radius 1 is 1.09 bits per heavy atom. The molecule has 0 atom stereocenters. The first-order valence-electron chi connectivity index (χ1n) is 9.69. The highest BCUT2D eigenvalue weighted by atomic mass is 32.2. The van der Waals surface area contributed by atoms with Crippen molar-refractivity contribution in [3.63, 3.8) is 0 Å². The van der Waals surface area contributed by atoms with Gasteiger partial charge in [0.25, 0.3) is 5.91 Å². The van der Waals surface area contributed by atoms with Crippen molar-refractivity contribution in [2.24, 2.45) is 0 Å². The number of carbonyl (C=O) groups is 2. The summed E-state index contributed by atoms with van der Waals surface area (Å²) in [5.74, 6) is 0.0566. The first-order chi connectivity index (χ1) is 15.4. The van der Waals surface area contributed by atoms with Crippen LogP contribution in [0.2, 0.25) is 0 Å². The van der Waals surface area contributed by atoms with Gasteiger partial charge in [-0.15, -0.1) is 0 Å². The Kier molecular flexibility index (Phi) is 6.43. The lowest BCUT2D eigenvalue weighted by Gasteiger charge is -2.10. The summed E-state index contributed by atoms with van der Waals surface area (Å²) >= 11 is 6.25. The second-order valence-corrected chi connectivity index (χ2v) is 8.75. The van der Waals surface area contributed by atoms with Crippen LogP contribution in [0, 0.1) is 0 Å². The first kappa shape index (κ1) is 21.9. The number of amides is 1. The summed E-state index contributed by atoms with van der Waals surface area (Å²) in [6.07, 6.45) is 1.73. The van der Waals surface area contributed by atoms with Gasteiger partial charge in [0.1, 0.15) is 29.0 Å². The van der Waals surface area contributed by atoms with Crippen molar-refractivity contribution in [3.05, 3.63) is 76.7 Å². The Morgan fingerprint density at radius 3 is 2.66 bits per heavy atom. The van der Waals surface area contributed by atoms with Gasteiger partial charge in [0.15, 0.2) is 0 Å². The van der Waals surface area contributed by atoms with Crippen LogP contribution in [0.15, 0.2) is 65.6 Å². The highest BCUT2D eigenvalue weighted by Crippen LogP contribution is 2.33. The maximum Gasteiger partial charge on any atom is 0.323 e. The van der Waals surface area contributed by atoms with Crippen molar-refractivity contribution < 1.29 is 24.2 Å². The van der Waals surface area contributed by atoms with Crippen LogP contribution in [0.3, 0.4) is 0 Å². The minimum Gasteiger partial charge on any atom is -0.497 e. The number of aliphatic carboxylic acids is 1. The monoisotopic (exact) mass is 465 g/mol. The molecule has 0 saturated carbocycles. The first-order valence-corrected chi connectivity index (χ1v) is 10.9. The maximum absolute atomic E-state index is 12.5. The van der Waals surface area contributed by atoms with Crippen molar-refractivity contribution in [1.29, 1.82) is 0 Å². The van der Waals surface area contributed by atoms with Gasteiger partial charge in [-0.3, -0.25) is 14.5 Å². The van der Waals surface area contributed by atoms with E-state index >= 15 is 0 Å². The zero-order valence-corrected chi connectivity index (χ0v) is 18.7. The van der Waals surface area contributed by atoms with E-state index in [9.17, 15) is 9.59 Å². The number of hydrogen-bond acceptors (Lipinski definition) is 6. The van der Waals surface area contributed by atoms with E-state index in [2.05, 4.69) is 0 Å². The normalized spacial score (nSPS) is 14.9. The van der Waals surface area contributed by atoms with Gasteiger partial charge in [0.2, 0.25) is 0 Å². The Hall–Kier alpha value is -3.36. The molecule has 6 nitrogen and oxygen atoms in total. The Balaban J connectivity index is 1.49. The van der Waals surface area contributed by atoms with Crippen LogP contribution in [0.1, 0.15) is 11.1 Å². The number of carboxylic acids is 1. The largest absolute Gasteiger partial charge is 0.497 e. The summed E-state index contributed by atoms with van der Waals surface area (Å²) in [6, 6.07) is 19.4. The molecule has 32 heavy (non-hydrogen) atoms. The van der Waals surface area contributed by atoms with Gasteiger partial charge in [0.05, 0.1) is 12.0 Å². The summed E-state index contributed by atoms with van der Waals surface area (Å²) in [4.78, 5) is 24.9. The van der Waals surface area contributed by atoms with Gasteiger partial charge in [0, 0.05) is 0 Å². The van der Waals surface area contributed by atoms with E-state index in [0.29, 0.717) is 11.5 Å². The minimum absolute atomic E-state index is 0.252. The number of rotatable bonds is 7. The van der Waals surface area contributed by atoms with Crippen LogP contribution >= 0.6 is 24.0 Å². The molecule has 1 fully saturated rings. The molecule has 8 heteroatoms. The standard InChI is InChI=1S/C24H19NO5S2/c1-29-19-4-2-3-16(10-19)14-30-20-8-7-17-9-15(5-6-18(17)12-20)11-21-23(28)25(13-22(26)27)24(31)32-21/h2-12H,13-14H2,1H3,(H,26,27)/b21-11-. The van der Waals surface area contributed by atoms with Crippen LogP contribution in [0.4, 0.5) is 0 Å². The molecule has 1 aliphatic heterocycles. The lowest BCUT2D eigenvalue weighted by molar-refractivity contribution is -0.140. The van der Waals surface area contributed by atoms with E-state index in [0.717, 1.165) is 50.1 Å². The van der Waals surface area contributed by atoms with Crippen molar-refractivity contribution in [1.82, 2.24) is 4.90 Å². The average molecular weight is 466 g/mol. The van der Waals surface area contributed by atoms with E-state index in [1.807, 2.05) is 60.7 Å². The number of hydrogen-bond donors (Lipinski definition) is 1. The number of thiocarbonyl (C=S) groups is 1. The smallest absolute Gasteiger partial charge is 0.323 e. The van der Waals surface area contributed by atoms with Crippen LogP contribution < -0.4 is 9.47 Å². The zero-order chi connectivity index (χ0) is 22.7. The second kappa shape index (κ2) is 9.42. The average Bonchev–Trinajstić information content (AvgIpc) is 3.04. The molecule has 0 bridgehead atoms. The molecule has 0 radical (unpaired) electrons. The number of carbonyl (C=O) groups excluding carboxylic acids is 1. The fraction of sp³-hybridized carbons (Fsp3) is 0.125. The fourth-order valence-electron chi connectivity index (χ4n) is 3.27. The van der Waals surface area contributed by atoms with Gasteiger partial charge in [-0.1, -0.05) is 54.3 Å². The van der Waals surface area contributed by atoms with Crippen LogP contribution in [-0.4, -0.2) is 39.9 Å².